The highest BCUT2D eigenvalue weighted by Gasteiger charge is 2.28. The van der Waals surface area contributed by atoms with Gasteiger partial charge in [0.2, 0.25) is 15.9 Å². The van der Waals surface area contributed by atoms with Crippen molar-refractivity contribution in [2.24, 2.45) is 0 Å². The molecule has 0 radical (unpaired) electrons. The van der Waals surface area contributed by atoms with Gasteiger partial charge >= 0.3 is 0 Å². The Morgan fingerprint density at radius 1 is 1.16 bits per heavy atom. The molecule has 2 aromatic carbocycles. The first-order valence-electron chi connectivity index (χ1n) is 8.00. The number of sulfonamides is 1. The molecule has 1 amide bonds. The standard InChI is InChI=1S/C18H19FN2O3S/c1-20(25(23,24)14-7-3-2-4-8-14)13-18(22)21-12-6-9-15-16(19)10-5-11-17(15)21/h2-5,7-8,10-11H,6,9,12-13H2,1H3. The molecule has 1 heterocycles. The van der Waals surface area contributed by atoms with Crippen molar-refractivity contribution in [3.8, 4) is 0 Å². The fraction of sp³-hybridized carbons (Fsp3) is 0.278. The molecule has 5 nitrogen and oxygen atoms in total. The second kappa shape index (κ2) is 6.93. The minimum absolute atomic E-state index is 0.135. The number of carbonyl (C=O) groups excluding carboxylic acids is 1. The summed E-state index contributed by atoms with van der Waals surface area (Å²) in [5, 5.41) is 0. The zero-order chi connectivity index (χ0) is 18.0. The maximum Gasteiger partial charge on any atom is 0.243 e. The highest BCUT2D eigenvalue weighted by Crippen LogP contribution is 2.29. The number of hydrogen-bond donors (Lipinski definition) is 0. The van der Waals surface area contributed by atoms with Crippen molar-refractivity contribution in [1.29, 1.82) is 0 Å². The van der Waals surface area contributed by atoms with E-state index in [1.807, 2.05) is 0 Å². The molecular formula is C18H19FN2O3S. The molecule has 25 heavy (non-hydrogen) atoms. The molecule has 132 valence electrons. The number of benzene rings is 2. The van der Waals surface area contributed by atoms with Crippen LogP contribution in [0.2, 0.25) is 0 Å². The third-order valence-corrected chi connectivity index (χ3v) is 6.12. The van der Waals surface area contributed by atoms with Crippen LogP contribution in [0.1, 0.15) is 12.0 Å². The first-order chi connectivity index (χ1) is 11.9. The molecule has 2 aromatic rings. The summed E-state index contributed by atoms with van der Waals surface area (Å²) in [7, 11) is -2.37. The second-order valence-corrected chi connectivity index (χ2v) is 8.01. The van der Waals surface area contributed by atoms with Crippen molar-refractivity contribution in [3.63, 3.8) is 0 Å². The number of carbonyl (C=O) groups is 1. The van der Waals surface area contributed by atoms with Crippen LogP contribution >= 0.6 is 0 Å². The lowest BCUT2D eigenvalue weighted by Gasteiger charge is -2.31. The second-order valence-electron chi connectivity index (χ2n) is 5.96. The van der Waals surface area contributed by atoms with Gasteiger partial charge in [-0.1, -0.05) is 24.3 Å². The largest absolute Gasteiger partial charge is 0.311 e. The van der Waals surface area contributed by atoms with Gasteiger partial charge in [0.1, 0.15) is 5.82 Å². The average molecular weight is 362 g/mol. The molecule has 1 aliphatic heterocycles. The molecule has 0 aliphatic carbocycles. The van der Waals surface area contributed by atoms with Gasteiger partial charge in [0.25, 0.3) is 0 Å². The summed E-state index contributed by atoms with van der Waals surface area (Å²) in [6.45, 7) is 0.154. The molecular weight excluding hydrogens is 343 g/mol. The predicted molar refractivity (Wildman–Crippen MR) is 93.3 cm³/mol. The lowest BCUT2D eigenvalue weighted by atomic mass is 10.0. The Morgan fingerprint density at radius 3 is 2.60 bits per heavy atom. The number of nitrogens with zero attached hydrogens (tertiary/aromatic N) is 2. The van der Waals surface area contributed by atoms with Crippen LogP contribution in [-0.4, -0.2) is 38.8 Å². The third-order valence-electron chi connectivity index (χ3n) is 4.30. The lowest BCUT2D eigenvalue weighted by molar-refractivity contribution is -0.118. The summed E-state index contributed by atoms with van der Waals surface area (Å²) in [4.78, 5) is 14.3. The Kier molecular flexibility index (Phi) is 4.87. The van der Waals surface area contributed by atoms with Gasteiger partial charge in [-0.15, -0.1) is 0 Å². The maximum atomic E-state index is 13.9. The van der Waals surface area contributed by atoms with Crippen LogP contribution in [0.3, 0.4) is 0 Å². The summed E-state index contributed by atoms with van der Waals surface area (Å²) in [5.74, 6) is -0.700. The zero-order valence-corrected chi connectivity index (χ0v) is 14.7. The quantitative estimate of drug-likeness (QED) is 0.839. The summed E-state index contributed by atoms with van der Waals surface area (Å²) in [6.07, 6.45) is 1.22. The van der Waals surface area contributed by atoms with E-state index >= 15 is 0 Å². The van der Waals surface area contributed by atoms with Crippen molar-refractivity contribution in [3.05, 3.63) is 59.9 Å². The van der Waals surface area contributed by atoms with Crippen LogP contribution in [0, 0.1) is 5.82 Å². The Labute approximate surface area is 146 Å². The number of amides is 1. The van der Waals surface area contributed by atoms with Gasteiger partial charge in [0, 0.05) is 24.8 Å². The van der Waals surface area contributed by atoms with Crippen LogP contribution in [0.4, 0.5) is 10.1 Å². The van der Waals surface area contributed by atoms with Crippen LogP contribution < -0.4 is 4.90 Å². The first-order valence-corrected chi connectivity index (χ1v) is 9.44. The van der Waals surface area contributed by atoms with Gasteiger partial charge < -0.3 is 4.90 Å². The van der Waals surface area contributed by atoms with Crippen LogP contribution in [0.25, 0.3) is 0 Å². The van der Waals surface area contributed by atoms with Gasteiger partial charge in [-0.05, 0) is 37.1 Å². The Morgan fingerprint density at radius 2 is 1.88 bits per heavy atom. The van der Waals surface area contributed by atoms with E-state index in [1.54, 1.807) is 30.3 Å². The third kappa shape index (κ3) is 3.43. The Bertz CT molecular complexity index is 884. The fourth-order valence-corrected chi connectivity index (χ4v) is 4.12. The predicted octanol–water partition coefficient (Wildman–Crippen LogP) is 2.43. The van der Waals surface area contributed by atoms with Crippen molar-refractivity contribution < 1.29 is 17.6 Å². The SMILES string of the molecule is CN(CC(=O)N1CCCc2c(F)cccc21)S(=O)(=O)c1ccccc1. The van der Waals surface area contributed by atoms with E-state index in [0.717, 1.165) is 4.31 Å². The van der Waals surface area contributed by atoms with Crippen LogP contribution in [-0.2, 0) is 21.2 Å². The smallest absolute Gasteiger partial charge is 0.243 e. The molecule has 0 N–H and O–H groups in total. The minimum atomic E-state index is -3.75. The molecule has 7 heteroatoms. The Hall–Kier alpha value is -2.25. The normalized spacial score (nSPS) is 14.4. The van der Waals surface area contributed by atoms with Gasteiger partial charge in [-0.3, -0.25) is 4.79 Å². The summed E-state index contributed by atoms with van der Waals surface area (Å²) >= 11 is 0. The Balaban J connectivity index is 1.81. The van der Waals surface area contributed by atoms with Crippen molar-refractivity contribution >= 4 is 21.6 Å². The summed E-state index contributed by atoms with van der Waals surface area (Å²) in [5.41, 5.74) is 1.04. The monoisotopic (exact) mass is 362 g/mol. The molecule has 0 aromatic heterocycles. The van der Waals surface area contributed by atoms with Crippen molar-refractivity contribution in [1.82, 2.24) is 4.31 Å². The highest BCUT2D eigenvalue weighted by molar-refractivity contribution is 7.89. The maximum absolute atomic E-state index is 13.9. The number of fused-ring (bicyclic) bond motifs is 1. The number of likely N-dealkylation sites (N-methyl/N-ethyl adjacent to an activating group) is 1. The molecule has 0 unspecified atom stereocenters. The summed E-state index contributed by atoms with van der Waals surface area (Å²) in [6, 6.07) is 12.6. The number of halogens is 1. The van der Waals surface area contributed by atoms with E-state index in [9.17, 15) is 17.6 Å². The molecule has 0 saturated heterocycles. The van der Waals surface area contributed by atoms with E-state index < -0.39 is 10.0 Å². The zero-order valence-electron chi connectivity index (χ0n) is 13.9. The molecule has 0 bridgehead atoms. The molecule has 0 saturated carbocycles. The van der Waals surface area contributed by atoms with E-state index in [-0.39, 0.29) is 23.2 Å². The van der Waals surface area contributed by atoms with Crippen molar-refractivity contribution in [2.75, 3.05) is 25.0 Å². The van der Waals surface area contributed by atoms with Gasteiger partial charge in [0.05, 0.1) is 11.4 Å². The first kappa shape index (κ1) is 17.6. The van der Waals surface area contributed by atoms with Crippen molar-refractivity contribution in [2.45, 2.75) is 17.7 Å². The topological polar surface area (TPSA) is 57.7 Å². The summed E-state index contributed by atoms with van der Waals surface area (Å²) < 4.78 is 40.1. The minimum Gasteiger partial charge on any atom is -0.311 e. The number of rotatable bonds is 4. The molecule has 0 spiro atoms. The average Bonchev–Trinajstić information content (AvgIpc) is 2.62. The van der Waals surface area contributed by atoms with Gasteiger partial charge in [-0.2, -0.15) is 4.31 Å². The van der Waals surface area contributed by atoms with Crippen LogP contribution in [0.15, 0.2) is 53.4 Å². The molecule has 1 aliphatic rings. The molecule has 0 atom stereocenters. The number of anilines is 1. The van der Waals surface area contributed by atoms with Crippen LogP contribution in [0.5, 0.6) is 0 Å². The number of hydrogen-bond acceptors (Lipinski definition) is 3. The lowest BCUT2D eigenvalue weighted by Crippen LogP contribution is -2.43. The highest BCUT2D eigenvalue weighted by atomic mass is 32.2. The fourth-order valence-electron chi connectivity index (χ4n) is 2.97. The van der Waals surface area contributed by atoms with Gasteiger partial charge in [-0.25, -0.2) is 12.8 Å². The molecule has 0 fully saturated rings. The van der Waals surface area contributed by atoms with E-state index in [1.165, 1.54) is 30.1 Å². The van der Waals surface area contributed by atoms with Gasteiger partial charge in [0.15, 0.2) is 0 Å². The molecule has 3 rings (SSSR count). The van der Waals surface area contributed by atoms with E-state index in [4.69, 9.17) is 0 Å². The van der Waals surface area contributed by atoms with E-state index in [0.29, 0.717) is 30.6 Å². The van der Waals surface area contributed by atoms with E-state index in [2.05, 4.69) is 0 Å².